The number of nitrogens with one attached hydrogen (secondary N) is 2. The quantitative estimate of drug-likeness (QED) is 0.123. The van der Waals surface area contributed by atoms with Crippen molar-refractivity contribution in [1.29, 1.82) is 0 Å². The summed E-state index contributed by atoms with van der Waals surface area (Å²) in [6.07, 6.45) is 13.0. The van der Waals surface area contributed by atoms with Crippen molar-refractivity contribution in [3.63, 3.8) is 0 Å². The van der Waals surface area contributed by atoms with Crippen molar-refractivity contribution >= 4 is 12.0 Å². The van der Waals surface area contributed by atoms with E-state index in [1.54, 1.807) is 19.2 Å². The lowest BCUT2D eigenvalue weighted by atomic mass is 9.65. The van der Waals surface area contributed by atoms with Crippen LogP contribution in [0.4, 0.5) is 0 Å². The zero-order valence-electron chi connectivity index (χ0n) is 33.7. The molecule has 1 spiro atoms. The molecule has 4 bridgehead atoms. The lowest BCUT2D eigenvalue weighted by Crippen LogP contribution is -2.37. The van der Waals surface area contributed by atoms with E-state index in [0.717, 1.165) is 100 Å². The summed E-state index contributed by atoms with van der Waals surface area (Å²) in [5.41, 5.74) is 15.6. The summed E-state index contributed by atoms with van der Waals surface area (Å²) in [5.74, 6) is 9.09. The predicted octanol–water partition coefficient (Wildman–Crippen LogP) is 7.21. The molecule has 0 radical (unpaired) electrons. The van der Waals surface area contributed by atoms with Crippen LogP contribution in [-0.4, -0.2) is 55.3 Å². The average Bonchev–Trinajstić information content (AvgIpc) is 3.67. The summed E-state index contributed by atoms with van der Waals surface area (Å²) in [5, 5.41) is 29.6. The van der Waals surface area contributed by atoms with Gasteiger partial charge in [-0.1, -0.05) is 50.1 Å². The predicted molar refractivity (Wildman–Crippen MR) is 223 cm³/mol. The number of fused-ring (bicyclic) bond motifs is 8. The van der Waals surface area contributed by atoms with E-state index in [2.05, 4.69) is 60.6 Å². The molecule has 6 aliphatic rings. The molecule has 6 atom stereocenters. The number of phenols is 2. The fourth-order valence-corrected chi connectivity index (χ4v) is 10.4. The summed E-state index contributed by atoms with van der Waals surface area (Å²) in [6, 6.07) is 9.55. The van der Waals surface area contributed by atoms with E-state index in [4.69, 9.17) is 24.7 Å². The highest BCUT2D eigenvalue weighted by molar-refractivity contribution is 5.84. The summed E-state index contributed by atoms with van der Waals surface area (Å²) in [4.78, 5) is 12.5. The van der Waals surface area contributed by atoms with Crippen LogP contribution in [0.25, 0.3) is 17.2 Å². The van der Waals surface area contributed by atoms with Crippen LogP contribution in [0.1, 0.15) is 98.3 Å². The lowest BCUT2D eigenvalue weighted by molar-refractivity contribution is -0.141. The molecule has 0 saturated heterocycles. The molecule has 0 amide bonds. The summed E-state index contributed by atoms with van der Waals surface area (Å²) >= 11 is 0. The number of hydrogen-bond donors (Lipinski definition) is 5. The highest BCUT2D eigenvalue weighted by Crippen LogP contribution is 2.63. The van der Waals surface area contributed by atoms with Crippen LogP contribution in [0.3, 0.4) is 0 Å². The number of phenolic OH excluding ortho intramolecular Hbond substituents is 2. The fraction of sp³-hybridized carbons (Fsp3) is 0.438. The Kier molecular flexibility index (Phi) is 9.93. The number of carbonyl (C=O) groups excluding carboxylic acids is 1. The van der Waals surface area contributed by atoms with Crippen molar-refractivity contribution in [3.05, 3.63) is 93.2 Å². The first-order valence-electron chi connectivity index (χ1n) is 20.7. The van der Waals surface area contributed by atoms with E-state index in [1.807, 2.05) is 18.2 Å². The zero-order valence-corrected chi connectivity index (χ0v) is 33.7. The smallest absolute Gasteiger partial charge is 0.302 e. The van der Waals surface area contributed by atoms with E-state index in [0.29, 0.717) is 42.8 Å². The number of ether oxygens (including phenoxy) is 4. The van der Waals surface area contributed by atoms with E-state index in [9.17, 15) is 15.0 Å². The number of dihydropyridines is 1. The number of esters is 1. The van der Waals surface area contributed by atoms with Gasteiger partial charge in [-0.2, -0.15) is 0 Å². The molecule has 6 N–H and O–H groups in total. The van der Waals surface area contributed by atoms with E-state index in [-0.39, 0.29) is 47.6 Å². The molecule has 3 aromatic rings. The van der Waals surface area contributed by atoms with Crippen LogP contribution in [0.15, 0.2) is 59.8 Å². The summed E-state index contributed by atoms with van der Waals surface area (Å²) < 4.78 is 25.7. The van der Waals surface area contributed by atoms with Gasteiger partial charge in [-0.15, -0.1) is 0 Å². The molecule has 0 aromatic heterocycles. The SMILES string of the molecule is COc1cc(O)cc2c1-c1ccc3c4c1C1(CCC(CC5=C(C#CCc6cc(O)c7c(c6C(O4)C3COC(C)=O)C=CC(NCCC(C)C)CO7)NC(N)C=C5)C1)C2. The number of methoxy groups -OCH3 is 1. The van der Waals surface area contributed by atoms with Crippen molar-refractivity contribution in [2.75, 3.05) is 26.9 Å². The minimum Gasteiger partial charge on any atom is -0.508 e. The molecule has 2 aliphatic carbocycles. The van der Waals surface area contributed by atoms with Gasteiger partial charge in [-0.25, -0.2) is 0 Å². The molecule has 1 saturated carbocycles. The molecular weight excluding hydrogens is 731 g/mol. The molecular formula is C48H53N3O7. The molecule has 9 rings (SSSR count). The average molecular weight is 784 g/mol. The van der Waals surface area contributed by atoms with Crippen LogP contribution in [0.2, 0.25) is 0 Å². The standard InChI is InChI=1S/C48H53N3O7/c1-26(2)15-17-50-32-9-10-36-43-30(20-39(54)45(36)57-24-32)6-5-7-38-29(8-13-41(49)51-38)18-28-14-16-48(22-28)23-31-19-33(53)21-40(55-4)42(31)35-12-11-34-37(25-56-27(3)52)46(43)58-47(34)44(35)48/h8-13,19-21,26,28,32,37,41,46,50-51,53-54H,6,14-18,22-25,49H2,1-4H3. The van der Waals surface area contributed by atoms with Gasteiger partial charge in [0.2, 0.25) is 0 Å². The van der Waals surface area contributed by atoms with E-state index < -0.39 is 6.10 Å². The highest BCUT2D eigenvalue weighted by Gasteiger charge is 2.51. The van der Waals surface area contributed by atoms with Crippen molar-refractivity contribution < 1.29 is 34.0 Å². The Bertz CT molecular complexity index is 2330. The van der Waals surface area contributed by atoms with Gasteiger partial charge in [-0.3, -0.25) is 4.79 Å². The van der Waals surface area contributed by atoms with Crippen LogP contribution in [0.5, 0.6) is 28.7 Å². The van der Waals surface area contributed by atoms with Crippen LogP contribution >= 0.6 is 0 Å². The van der Waals surface area contributed by atoms with Gasteiger partial charge in [0.15, 0.2) is 11.5 Å². The van der Waals surface area contributed by atoms with Gasteiger partial charge >= 0.3 is 5.97 Å². The molecule has 58 heavy (non-hydrogen) atoms. The third kappa shape index (κ3) is 6.78. The minimum absolute atomic E-state index is 0.0363. The molecule has 4 heterocycles. The maximum atomic E-state index is 12.5. The minimum atomic E-state index is -0.605. The monoisotopic (exact) mass is 783 g/mol. The maximum absolute atomic E-state index is 12.5. The van der Waals surface area contributed by atoms with Crippen molar-refractivity contribution in [2.45, 2.75) is 95.4 Å². The molecule has 10 nitrogen and oxygen atoms in total. The summed E-state index contributed by atoms with van der Waals surface area (Å²) in [6.45, 7) is 7.13. The molecule has 4 aliphatic heterocycles. The van der Waals surface area contributed by atoms with Crippen molar-refractivity contribution in [2.24, 2.45) is 17.6 Å². The van der Waals surface area contributed by atoms with E-state index in [1.165, 1.54) is 6.92 Å². The zero-order chi connectivity index (χ0) is 40.3. The number of aromatic hydroxyl groups is 2. The van der Waals surface area contributed by atoms with Crippen LogP contribution in [0, 0.1) is 23.7 Å². The Balaban J connectivity index is 1.28. The second kappa shape index (κ2) is 15.1. The number of benzene rings is 3. The van der Waals surface area contributed by atoms with Crippen molar-refractivity contribution in [3.8, 4) is 51.7 Å². The topological polar surface area (TPSA) is 145 Å². The first-order valence-corrected chi connectivity index (χ1v) is 20.7. The number of rotatable bonds is 7. The second-order valence-electron chi connectivity index (χ2n) is 17.3. The molecule has 1 fully saturated rings. The van der Waals surface area contributed by atoms with Gasteiger partial charge in [0.05, 0.1) is 30.9 Å². The molecule has 3 aromatic carbocycles. The highest BCUT2D eigenvalue weighted by atomic mass is 16.5. The number of allylic oxidation sites excluding steroid dienone is 3. The third-order valence-corrected chi connectivity index (χ3v) is 13.0. The second-order valence-corrected chi connectivity index (χ2v) is 17.3. The molecule has 6 unspecified atom stereocenters. The Hall–Kier alpha value is -5.37. The van der Waals surface area contributed by atoms with Gasteiger partial charge in [0, 0.05) is 52.6 Å². The maximum Gasteiger partial charge on any atom is 0.302 e. The number of carbonyl (C=O) groups is 1. The van der Waals surface area contributed by atoms with E-state index >= 15 is 0 Å². The third-order valence-electron chi connectivity index (χ3n) is 13.0. The summed E-state index contributed by atoms with van der Waals surface area (Å²) in [7, 11) is 1.64. The largest absolute Gasteiger partial charge is 0.508 e. The number of nitrogens with two attached hydrogens (primary N) is 1. The molecule has 302 valence electrons. The Morgan fingerprint density at radius 3 is 2.81 bits per heavy atom. The number of hydrogen-bond acceptors (Lipinski definition) is 10. The lowest BCUT2D eigenvalue weighted by Gasteiger charge is -2.39. The van der Waals surface area contributed by atoms with Gasteiger partial charge < -0.3 is 45.5 Å². The fourth-order valence-electron chi connectivity index (χ4n) is 10.4. The van der Waals surface area contributed by atoms with Crippen LogP contribution < -0.4 is 30.6 Å². The van der Waals surface area contributed by atoms with Gasteiger partial charge in [0.25, 0.3) is 0 Å². The van der Waals surface area contributed by atoms with Crippen LogP contribution in [-0.2, 0) is 27.8 Å². The van der Waals surface area contributed by atoms with Gasteiger partial charge in [-0.05, 0) is 103 Å². The molecule has 10 heteroatoms. The van der Waals surface area contributed by atoms with Crippen molar-refractivity contribution in [1.82, 2.24) is 10.6 Å². The first-order chi connectivity index (χ1) is 28.0. The first kappa shape index (κ1) is 38.2. The normalized spacial score (nSPS) is 25.9. The Morgan fingerprint density at radius 2 is 2.00 bits per heavy atom. The Labute approximate surface area is 340 Å². The Morgan fingerprint density at radius 1 is 1.14 bits per heavy atom. The van der Waals surface area contributed by atoms with Gasteiger partial charge in [0.1, 0.15) is 36.6 Å².